The van der Waals surface area contributed by atoms with E-state index in [0.29, 0.717) is 0 Å². The quantitative estimate of drug-likeness (QED) is 0.535. The fourth-order valence-electron chi connectivity index (χ4n) is 0.645. The van der Waals surface area contributed by atoms with Gasteiger partial charge in [-0.25, -0.2) is 0 Å². The van der Waals surface area contributed by atoms with Crippen LogP contribution >= 0.6 is 0 Å². The predicted molar refractivity (Wildman–Crippen MR) is 37.9 cm³/mol. The largest absolute Gasteiger partial charge is 0.275 e. The van der Waals surface area contributed by atoms with Gasteiger partial charge in [-0.1, -0.05) is 0 Å². The molecule has 0 aliphatic carbocycles. The molecule has 0 saturated heterocycles. The van der Waals surface area contributed by atoms with Crippen LogP contribution in [0.2, 0.25) is 0 Å². The van der Waals surface area contributed by atoms with Gasteiger partial charge in [0.2, 0.25) is 0 Å². The fourth-order valence-corrected chi connectivity index (χ4v) is 0.645. The molecule has 1 heterocycles. The number of hydrogen-bond donors (Lipinski definition) is 0. The minimum absolute atomic E-state index is 0.809. The fraction of sp³-hybridized carbons (Fsp3) is 0.143. The average Bonchev–Trinajstić information content (AvgIpc) is 2.31. The van der Waals surface area contributed by atoms with Gasteiger partial charge in [0.05, 0.1) is 11.8 Å². The molecule has 0 aromatic carbocycles. The molecule has 1 aromatic rings. The zero-order valence-corrected chi connectivity index (χ0v) is 5.65. The van der Waals surface area contributed by atoms with Gasteiger partial charge in [0.25, 0.3) is 0 Å². The number of nitriles is 1. The molecule has 0 aliphatic rings. The Hall–Kier alpha value is -1.56. The number of aromatic nitrogens is 2. The molecule has 0 amide bonds. The Morgan fingerprint density at radius 1 is 1.80 bits per heavy atom. The van der Waals surface area contributed by atoms with E-state index in [4.69, 9.17) is 5.26 Å². The summed E-state index contributed by atoms with van der Waals surface area (Å²) in [6.07, 6.45) is 4.90. The second kappa shape index (κ2) is 2.83. The van der Waals surface area contributed by atoms with Crippen LogP contribution in [0.25, 0.3) is 6.08 Å². The van der Waals surface area contributed by atoms with Crippen molar-refractivity contribution in [3.8, 4) is 6.07 Å². The monoisotopic (exact) mass is 133 g/mol. The van der Waals surface area contributed by atoms with Crippen LogP contribution in [0, 0.1) is 11.3 Å². The van der Waals surface area contributed by atoms with Gasteiger partial charge in [0, 0.05) is 19.3 Å². The standard InChI is InChI=1S/C7H7N3/c1-10-6-4-7(9-10)3-2-5-8/h2-4,6H,1H3/b3-2+. The molecule has 0 unspecified atom stereocenters. The van der Waals surface area contributed by atoms with Crippen molar-refractivity contribution in [3.63, 3.8) is 0 Å². The Balaban J connectivity index is 2.78. The molecule has 1 rings (SSSR count). The zero-order valence-electron chi connectivity index (χ0n) is 5.65. The molecule has 1 aromatic heterocycles. The highest BCUT2D eigenvalue weighted by molar-refractivity contribution is 5.46. The summed E-state index contributed by atoms with van der Waals surface area (Å²) in [5, 5.41) is 12.2. The summed E-state index contributed by atoms with van der Waals surface area (Å²) in [6.45, 7) is 0. The maximum Gasteiger partial charge on any atom is 0.0912 e. The van der Waals surface area contributed by atoms with Crippen LogP contribution in [0.15, 0.2) is 18.3 Å². The van der Waals surface area contributed by atoms with E-state index in [1.54, 1.807) is 10.8 Å². The van der Waals surface area contributed by atoms with Crippen molar-refractivity contribution in [2.24, 2.45) is 7.05 Å². The number of allylic oxidation sites excluding steroid dienone is 1. The van der Waals surface area contributed by atoms with Crippen molar-refractivity contribution >= 4 is 6.08 Å². The third-order valence-electron chi connectivity index (χ3n) is 1.06. The average molecular weight is 133 g/mol. The van der Waals surface area contributed by atoms with Gasteiger partial charge in [-0.3, -0.25) is 4.68 Å². The van der Waals surface area contributed by atoms with Gasteiger partial charge in [-0.15, -0.1) is 0 Å². The van der Waals surface area contributed by atoms with Crippen molar-refractivity contribution in [3.05, 3.63) is 24.0 Å². The molecular formula is C7H7N3. The Bertz CT molecular complexity index is 277. The van der Waals surface area contributed by atoms with Crippen LogP contribution in [0.4, 0.5) is 0 Å². The van der Waals surface area contributed by atoms with Gasteiger partial charge < -0.3 is 0 Å². The minimum atomic E-state index is 0.809. The lowest BCUT2D eigenvalue weighted by Crippen LogP contribution is -1.86. The topological polar surface area (TPSA) is 41.6 Å². The smallest absolute Gasteiger partial charge is 0.0912 e. The maximum atomic E-state index is 8.16. The van der Waals surface area contributed by atoms with Crippen molar-refractivity contribution in [2.45, 2.75) is 0 Å². The van der Waals surface area contributed by atoms with Crippen LogP contribution < -0.4 is 0 Å². The Morgan fingerprint density at radius 3 is 3.10 bits per heavy atom. The molecule has 3 heteroatoms. The first-order valence-corrected chi connectivity index (χ1v) is 2.89. The molecule has 0 bridgehead atoms. The van der Waals surface area contributed by atoms with E-state index < -0.39 is 0 Å². The number of hydrogen-bond acceptors (Lipinski definition) is 2. The van der Waals surface area contributed by atoms with Crippen molar-refractivity contribution in [2.75, 3.05) is 0 Å². The normalized spacial score (nSPS) is 10.0. The van der Waals surface area contributed by atoms with Gasteiger partial charge >= 0.3 is 0 Å². The van der Waals surface area contributed by atoms with E-state index in [9.17, 15) is 0 Å². The van der Waals surface area contributed by atoms with Crippen LogP contribution in [-0.2, 0) is 7.05 Å². The summed E-state index contributed by atoms with van der Waals surface area (Å²) >= 11 is 0. The molecule has 0 fully saturated rings. The SMILES string of the molecule is Cn1ccc(/C=C/C#N)n1. The highest BCUT2D eigenvalue weighted by atomic mass is 15.2. The lowest BCUT2D eigenvalue weighted by molar-refractivity contribution is 0.764. The summed E-state index contributed by atoms with van der Waals surface area (Å²) in [4.78, 5) is 0. The molecule has 3 nitrogen and oxygen atoms in total. The van der Waals surface area contributed by atoms with E-state index in [1.807, 2.05) is 25.4 Å². The zero-order chi connectivity index (χ0) is 7.40. The molecule has 0 aliphatic heterocycles. The third-order valence-corrected chi connectivity index (χ3v) is 1.06. The molecule has 0 spiro atoms. The van der Waals surface area contributed by atoms with E-state index in [-0.39, 0.29) is 0 Å². The molecule has 10 heavy (non-hydrogen) atoms. The first-order chi connectivity index (χ1) is 4.83. The molecule has 0 radical (unpaired) electrons. The first-order valence-electron chi connectivity index (χ1n) is 2.89. The van der Waals surface area contributed by atoms with Crippen molar-refractivity contribution in [1.29, 1.82) is 5.26 Å². The van der Waals surface area contributed by atoms with E-state index in [0.717, 1.165) is 5.69 Å². The molecule has 0 saturated carbocycles. The molecule has 0 N–H and O–H groups in total. The number of nitrogens with zero attached hydrogens (tertiary/aromatic N) is 3. The Kier molecular flexibility index (Phi) is 1.86. The summed E-state index contributed by atoms with van der Waals surface area (Å²) in [5.41, 5.74) is 0.809. The maximum absolute atomic E-state index is 8.16. The minimum Gasteiger partial charge on any atom is -0.275 e. The van der Waals surface area contributed by atoms with Crippen molar-refractivity contribution in [1.82, 2.24) is 9.78 Å². The summed E-state index contributed by atoms with van der Waals surface area (Å²) in [7, 11) is 1.84. The lowest BCUT2D eigenvalue weighted by atomic mass is 10.4. The number of rotatable bonds is 1. The highest BCUT2D eigenvalue weighted by Crippen LogP contribution is 1.95. The van der Waals surface area contributed by atoms with Gasteiger partial charge in [-0.05, 0) is 12.1 Å². The van der Waals surface area contributed by atoms with Crippen LogP contribution in [0.5, 0.6) is 0 Å². The Labute approximate surface area is 59.2 Å². The molecule has 0 atom stereocenters. The van der Waals surface area contributed by atoms with Gasteiger partial charge in [0.1, 0.15) is 0 Å². The summed E-state index contributed by atoms with van der Waals surface area (Å²) < 4.78 is 1.69. The van der Waals surface area contributed by atoms with Crippen molar-refractivity contribution < 1.29 is 0 Å². The second-order valence-electron chi connectivity index (χ2n) is 1.88. The summed E-state index contributed by atoms with van der Waals surface area (Å²) in [5.74, 6) is 0. The van der Waals surface area contributed by atoms with Gasteiger partial charge in [0.15, 0.2) is 0 Å². The van der Waals surface area contributed by atoms with Crippen LogP contribution in [0.3, 0.4) is 0 Å². The second-order valence-corrected chi connectivity index (χ2v) is 1.88. The summed E-state index contributed by atoms with van der Waals surface area (Å²) in [6, 6.07) is 3.74. The molecule has 50 valence electrons. The third kappa shape index (κ3) is 1.46. The predicted octanol–water partition coefficient (Wildman–Crippen LogP) is 0.957. The lowest BCUT2D eigenvalue weighted by Gasteiger charge is -1.81. The molecular weight excluding hydrogens is 126 g/mol. The van der Waals surface area contributed by atoms with Crippen LogP contribution in [0.1, 0.15) is 5.69 Å². The van der Waals surface area contributed by atoms with E-state index in [2.05, 4.69) is 5.10 Å². The highest BCUT2D eigenvalue weighted by Gasteiger charge is 1.87. The van der Waals surface area contributed by atoms with Gasteiger partial charge in [-0.2, -0.15) is 10.4 Å². The van der Waals surface area contributed by atoms with E-state index in [1.165, 1.54) is 6.08 Å². The number of aryl methyl sites for hydroxylation is 1. The van der Waals surface area contributed by atoms with Crippen LogP contribution in [-0.4, -0.2) is 9.78 Å². The van der Waals surface area contributed by atoms with E-state index >= 15 is 0 Å². The first kappa shape index (κ1) is 6.56. The Morgan fingerprint density at radius 2 is 2.60 bits per heavy atom.